The van der Waals surface area contributed by atoms with E-state index in [1.807, 2.05) is 0 Å². The number of para-hydroxylation sites is 2. The van der Waals surface area contributed by atoms with Crippen molar-refractivity contribution in [1.29, 1.82) is 0 Å². The molecular weight excluding hydrogens is 498 g/mol. The Bertz CT molecular complexity index is 1050. The Hall–Kier alpha value is -1.82. The van der Waals surface area contributed by atoms with Gasteiger partial charge in [0.25, 0.3) is 0 Å². The first-order chi connectivity index (χ1) is 15.8. The molecule has 2 aromatic carbocycles. The molecule has 184 valence electrons. The van der Waals surface area contributed by atoms with E-state index in [9.17, 15) is 0 Å². The molecule has 0 amide bonds. The van der Waals surface area contributed by atoms with Gasteiger partial charge in [0.15, 0.2) is 0 Å². The molecule has 0 radical (unpaired) electrons. The maximum absolute atomic E-state index is 7.49. The van der Waals surface area contributed by atoms with Gasteiger partial charge in [0, 0.05) is 22.8 Å². The second kappa shape index (κ2) is 10.0. The number of hydrogen-bond donors (Lipinski definition) is 1. The van der Waals surface area contributed by atoms with Crippen molar-refractivity contribution in [3.8, 4) is 0 Å². The standard InChI is InChI=1S/C29H42BrN3Si/c1-18(2)24-13-11-14-25(19(3)4)28(24)32-22(9)17-23(10)33(34(32,30)31)29-26(20(5)6)15-12-16-27(29)21(7)8/h11-21H,9,31H2,1-8,10H3/t34-/m0/s1. The summed E-state index contributed by atoms with van der Waals surface area (Å²) in [6.07, 6.45) is 2.20. The molecule has 0 aliphatic carbocycles. The van der Waals surface area contributed by atoms with Crippen molar-refractivity contribution < 1.29 is 0 Å². The maximum Gasteiger partial charge on any atom is 0.429 e. The molecule has 2 aromatic rings. The van der Waals surface area contributed by atoms with Crippen LogP contribution < -0.4 is 14.5 Å². The number of nitrogens with two attached hydrogens (primary N) is 1. The topological polar surface area (TPSA) is 32.5 Å². The van der Waals surface area contributed by atoms with Crippen molar-refractivity contribution in [2.45, 2.75) is 86.0 Å². The number of anilines is 2. The largest absolute Gasteiger partial charge is 0.429 e. The third-order valence-electron chi connectivity index (χ3n) is 6.77. The van der Waals surface area contributed by atoms with Crippen LogP contribution in [0.1, 0.15) is 108 Å². The fourth-order valence-electron chi connectivity index (χ4n) is 5.09. The zero-order chi connectivity index (χ0) is 25.5. The number of benzene rings is 2. The van der Waals surface area contributed by atoms with Gasteiger partial charge in [-0.3, -0.25) is 0 Å². The second-order valence-electron chi connectivity index (χ2n) is 10.8. The Morgan fingerprint density at radius 1 is 0.706 bits per heavy atom. The van der Waals surface area contributed by atoms with Crippen molar-refractivity contribution in [2.24, 2.45) is 5.40 Å². The molecule has 0 bridgehead atoms. The second-order valence-corrected chi connectivity index (χ2v) is 16.4. The molecular formula is C29H42BrN3Si. The minimum Gasteiger partial charge on any atom is -0.333 e. The van der Waals surface area contributed by atoms with E-state index in [1.54, 1.807) is 0 Å². The van der Waals surface area contributed by atoms with Crippen LogP contribution in [0.2, 0.25) is 0 Å². The average Bonchev–Trinajstić information content (AvgIpc) is 2.72. The van der Waals surface area contributed by atoms with E-state index in [0.29, 0.717) is 23.7 Å². The van der Waals surface area contributed by atoms with Crippen LogP contribution in [0.3, 0.4) is 0 Å². The Morgan fingerprint density at radius 3 is 1.35 bits per heavy atom. The smallest absolute Gasteiger partial charge is 0.333 e. The monoisotopic (exact) mass is 539 g/mol. The summed E-state index contributed by atoms with van der Waals surface area (Å²) in [6.45, 7) is 24.8. The summed E-state index contributed by atoms with van der Waals surface area (Å²) < 4.78 is 4.75. The molecule has 0 saturated carbocycles. The Morgan fingerprint density at radius 2 is 1.03 bits per heavy atom. The highest BCUT2D eigenvalue weighted by molar-refractivity contribution is 9.26. The fourth-order valence-corrected chi connectivity index (χ4v) is 10.0. The van der Waals surface area contributed by atoms with Gasteiger partial charge in [-0.2, -0.15) is 0 Å². The van der Waals surface area contributed by atoms with Gasteiger partial charge in [-0.15, -0.1) is 0 Å². The van der Waals surface area contributed by atoms with Crippen molar-refractivity contribution in [2.75, 3.05) is 9.13 Å². The van der Waals surface area contributed by atoms with E-state index in [0.717, 1.165) is 11.4 Å². The molecule has 0 spiro atoms. The lowest BCUT2D eigenvalue weighted by Gasteiger charge is -2.50. The molecule has 2 N–H and O–H groups in total. The summed E-state index contributed by atoms with van der Waals surface area (Å²) in [7, 11) is -2.95. The molecule has 1 heterocycles. The van der Waals surface area contributed by atoms with Gasteiger partial charge in [-0.1, -0.05) is 114 Å². The van der Waals surface area contributed by atoms with Crippen LogP contribution in [-0.2, 0) is 0 Å². The third kappa shape index (κ3) is 4.67. The Balaban J connectivity index is 2.38. The zero-order valence-electron chi connectivity index (χ0n) is 22.4. The summed E-state index contributed by atoms with van der Waals surface area (Å²) in [5.41, 5.74) is 9.82. The van der Waals surface area contributed by atoms with Crippen LogP contribution in [0, 0.1) is 0 Å². The molecule has 0 aromatic heterocycles. The zero-order valence-corrected chi connectivity index (χ0v) is 25.0. The fraction of sp³-hybridized carbons (Fsp3) is 0.448. The first-order valence-corrected chi connectivity index (χ1v) is 16.7. The lowest BCUT2D eigenvalue weighted by Crippen LogP contribution is -2.70. The SMILES string of the molecule is C=C1C=C(C)N(c2c(C(C)C)cccc2C(C)C)[Si@](N)(Br)N1c1c(C(C)C)cccc1C(C)C. The predicted octanol–water partition coefficient (Wildman–Crippen LogP) is 8.71. The summed E-state index contributed by atoms with van der Waals surface area (Å²) in [5, 5.41) is 7.49. The Kier molecular flexibility index (Phi) is 7.91. The number of nitrogens with zero attached hydrogens (tertiary/aromatic N) is 2. The molecule has 34 heavy (non-hydrogen) atoms. The van der Waals surface area contributed by atoms with Crippen LogP contribution >= 0.6 is 15.3 Å². The maximum atomic E-state index is 7.49. The summed E-state index contributed by atoms with van der Waals surface area (Å²) >= 11 is 4.18. The highest BCUT2D eigenvalue weighted by Crippen LogP contribution is 2.47. The molecule has 3 rings (SSSR count). The van der Waals surface area contributed by atoms with Crippen molar-refractivity contribution in [3.05, 3.63) is 82.7 Å². The van der Waals surface area contributed by atoms with Gasteiger partial charge in [0.2, 0.25) is 0 Å². The van der Waals surface area contributed by atoms with E-state index in [-0.39, 0.29) is 0 Å². The van der Waals surface area contributed by atoms with Crippen molar-refractivity contribution >= 4 is 33.8 Å². The van der Waals surface area contributed by atoms with Crippen LogP contribution in [0.4, 0.5) is 11.4 Å². The number of hydrogen-bond acceptors (Lipinski definition) is 3. The van der Waals surface area contributed by atoms with Gasteiger partial charge >= 0.3 is 7.18 Å². The van der Waals surface area contributed by atoms with Crippen molar-refractivity contribution in [1.82, 2.24) is 0 Å². The van der Waals surface area contributed by atoms with Crippen LogP contribution in [0.15, 0.2) is 60.4 Å². The lowest BCUT2D eigenvalue weighted by molar-refractivity contribution is 0.822. The molecule has 1 aliphatic rings. The normalized spacial score (nSPS) is 19.1. The van der Waals surface area contributed by atoms with E-state index in [4.69, 9.17) is 5.40 Å². The summed E-state index contributed by atoms with van der Waals surface area (Å²) in [6, 6.07) is 13.4. The number of rotatable bonds is 6. The molecule has 0 fully saturated rings. The van der Waals surface area contributed by atoms with E-state index in [1.165, 1.54) is 33.6 Å². The minimum absolute atomic E-state index is 0.369. The summed E-state index contributed by atoms with van der Waals surface area (Å²) in [4.78, 5) is 0. The molecule has 0 saturated heterocycles. The van der Waals surface area contributed by atoms with Gasteiger partial charge in [0.05, 0.1) is 0 Å². The highest BCUT2D eigenvalue weighted by atomic mass is 79.9. The average molecular weight is 541 g/mol. The van der Waals surface area contributed by atoms with E-state index >= 15 is 0 Å². The van der Waals surface area contributed by atoms with Gasteiger partial charge < -0.3 is 14.5 Å². The van der Waals surface area contributed by atoms with Crippen LogP contribution in [0.5, 0.6) is 0 Å². The number of allylic oxidation sites excluding steroid dienone is 2. The Labute approximate surface area is 216 Å². The molecule has 1 atom stereocenters. The van der Waals surface area contributed by atoms with E-state index < -0.39 is 7.18 Å². The quantitative estimate of drug-likeness (QED) is 0.294. The molecule has 5 heteroatoms. The number of halogens is 1. The molecule has 0 unspecified atom stereocenters. The summed E-state index contributed by atoms with van der Waals surface area (Å²) in [5.74, 6) is 1.50. The van der Waals surface area contributed by atoms with E-state index in [2.05, 4.69) is 136 Å². The van der Waals surface area contributed by atoms with Crippen LogP contribution in [0.25, 0.3) is 0 Å². The van der Waals surface area contributed by atoms with Gasteiger partial charge in [-0.25, -0.2) is 0 Å². The molecule has 1 aliphatic heterocycles. The van der Waals surface area contributed by atoms with Crippen LogP contribution in [-0.4, -0.2) is 7.18 Å². The first-order valence-electron chi connectivity index (χ1n) is 12.5. The third-order valence-corrected chi connectivity index (χ3v) is 11.2. The lowest BCUT2D eigenvalue weighted by atomic mass is 9.92. The highest BCUT2D eigenvalue weighted by Gasteiger charge is 2.49. The van der Waals surface area contributed by atoms with Gasteiger partial charge in [0.1, 0.15) is 0 Å². The predicted molar refractivity (Wildman–Crippen MR) is 156 cm³/mol. The van der Waals surface area contributed by atoms with Crippen molar-refractivity contribution in [3.63, 3.8) is 0 Å². The first kappa shape index (κ1) is 26.8. The van der Waals surface area contributed by atoms with Gasteiger partial charge in [-0.05, 0) is 58.9 Å². The molecule has 3 nitrogen and oxygen atoms in total. The minimum atomic E-state index is -2.95.